The topological polar surface area (TPSA) is 0 Å². The van der Waals surface area contributed by atoms with Gasteiger partial charge in [0.1, 0.15) is 0 Å². The molecule has 0 aliphatic rings. The molecule has 0 aromatic carbocycles. The molecule has 0 unspecified atom stereocenters. The second kappa shape index (κ2) is 1820. The first kappa shape index (κ1) is 1870. The molecular weight excluding hydrogens is 2710 g/mol. The van der Waals surface area contributed by atoms with Crippen LogP contribution < -0.4 is 931 Å². The second-order valence-electron chi connectivity index (χ2n) is 0. The quantitative estimate of drug-likeness (QED) is 0.212. The largest absolute Gasteiger partial charge is 3.00 e. The van der Waals surface area contributed by atoms with E-state index in [1.165, 1.54) is 0 Å². The first-order valence-corrected chi connectivity index (χ1v) is 0. The molecule has 0 N–H and O–H groups in total. The number of rotatable bonds is 0. The summed E-state index contributed by atoms with van der Waals surface area (Å²) in [7, 11) is 0. The van der Waals surface area contributed by atoms with E-state index in [1.54, 1.807) is 0 Å². The number of halogens is 75. The summed E-state index contributed by atoms with van der Waals surface area (Å²) >= 11 is 0. The minimum absolute atomic E-state index is 0. The standard InChI is InChI=1S/75ClH.Fe/h75*1H;/q;;;;;;;;;;;;;;;;;;;;;;;;;;;;;;;;;;;;;;;;;;;;;;;;;;;;;;;;;;;;;;;;;;;;;;;;;;;+3/p-75. The smallest absolute Gasteiger partial charge is 1.00 e. The van der Waals surface area contributed by atoms with Gasteiger partial charge in [0.05, 0.1) is 0 Å². The molecule has 0 saturated carbocycles. The molecular formula is Cl75Fe-72. The van der Waals surface area contributed by atoms with E-state index in [-0.39, 0.29) is 948 Å². The Hall–Kier alpha value is 22.3. The van der Waals surface area contributed by atoms with Gasteiger partial charge in [-0.05, 0) is 0 Å². The van der Waals surface area contributed by atoms with Crippen LogP contribution in [-0.2, 0) is 17.1 Å². The average molecular weight is 2710 g/mol. The SMILES string of the molecule is [Cl-].[Cl-].[Cl-].[Cl-].[Cl-].[Cl-].[Cl-].[Cl-].[Cl-].[Cl-].[Cl-].[Cl-].[Cl-].[Cl-].[Cl-].[Cl-].[Cl-].[Cl-].[Cl-].[Cl-].[Cl-].[Cl-].[Cl-].[Cl-].[Cl-].[Cl-].[Cl-].[Cl-].[Cl-].[Cl-].[Cl-].[Cl-].[Cl-].[Cl-].[Cl-].[Cl-].[Cl-].[Cl-].[Cl-].[Cl-].[Cl-].[Cl-].[Cl-].[Cl-].[Cl-].[Cl-].[Cl-].[Cl-].[Cl-].[Cl-].[Cl-].[Cl-].[Cl-].[Cl-].[Cl-].[Cl-].[Cl-].[Cl-].[Cl-].[Cl-].[Cl-].[Cl-].[Cl-].[Cl-].[Cl-].[Cl-].[Cl-].[Cl-].[Cl-].[Cl-].[Cl-].[Cl-].[Cl-].[Cl-].[Cl-].[Fe+3]. The fourth-order valence-corrected chi connectivity index (χ4v) is 0. The molecule has 0 nitrogen and oxygen atoms in total. The Labute approximate surface area is 929 Å². The van der Waals surface area contributed by atoms with Crippen molar-refractivity contribution >= 4 is 0 Å². The number of hydrogen-bond donors (Lipinski definition) is 0. The van der Waals surface area contributed by atoms with E-state index in [2.05, 4.69) is 0 Å². The van der Waals surface area contributed by atoms with Crippen molar-refractivity contribution in [2.75, 3.05) is 0 Å². The van der Waals surface area contributed by atoms with Gasteiger partial charge in [0.15, 0.2) is 0 Å². The molecule has 76 heavy (non-hydrogen) atoms. The maximum atomic E-state index is 0. The zero-order valence-corrected chi connectivity index (χ0v) is 86.5. The molecule has 0 aromatic rings. The van der Waals surface area contributed by atoms with E-state index in [9.17, 15) is 0 Å². The van der Waals surface area contributed by atoms with Crippen LogP contribution in [0.4, 0.5) is 0 Å². The molecule has 605 valence electrons. The van der Waals surface area contributed by atoms with Crippen LogP contribution in [0.25, 0.3) is 0 Å². The van der Waals surface area contributed by atoms with Gasteiger partial charge in [-0.15, -0.1) is 0 Å². The Bertz CT molecular complexity index is 7.68. The Balaban J connectivity index is 0. The van der Waals surface area contributed by atoms with Crippen molar-refractivity contribution in [3.63, 3.8) is 0 Å². The van der Waals surface area contributed by atoms with Crippen molar-refractivity contribution in [1.29, 1.82) is 0 Å². The average Bonchev–Trinajstić information content (AvgIpc) is 0. The van der Waals surface area contributed by atoms with E-state index < -0.39 is 0 Å². The molecule has 0 rings (SSSR count). The molecule has 0 atom stereocenters. The van der Waals surface area contributed by atoms with Gasteiger partial charge in [0.2, 0.25) is 0 Å². The maximum absolute atomic E-state index is 0. The van der Waals surface area contributed by atoms with Gasteiger partial charge in [0.25, 0.3) is 0 Å². The summed E-state index contributed by atoms with van der Waals surface area (Å²) in [5, 5.41) is 0. The van der Waals surface area contributed by atoms with Crippen LogP contribution in [-0.4, -0.2) is 0 Å². The summed E-state index contributed by atoms with van der Waals surface area (Å²) in [6, 6.07) is 0. The molecule has 0 aliphatic heterocycles. The fourth-order valence-electron chi connectivity index (χ4n) is 0. The normalized spacial score (nSPS) is 0. The molecule has 0 spiro atoms. The third-order valence-corrected chi connectivity index (χ3v) is 0. The van der Waals surface area contributed by atoms with Crippen LogP contribution in [0.2, 0.25) is 0 Å². The van der Waals surface area contributed by atoms with Gasteiger partial charge in [-0.1, -0.05) is 0 Å². The van der Waals surface area contributed by atoms with Crippen LogP contribution in [0.15, 0.2) is 0 Å². The van der Waals surface area contributed by atoms with E-state index >= 15 is 0 Å². The van der Waals surface area contributed by atoms with Gasteiger partial charge < -0.3 is 931 Å². The van der Waals surface area contributed by atoms with Crippen LogP contribution in [0.5, 0.6) is 0 Å². The summed E-state index contributed by atoms with van der Waals surface area (Å²) in [4.78, 5) is 0. The Kier molecular flexibility index (Phi) is 44800. The zero-order chi connectivity index (χ0) is 0. The van der Waals surface area contributed by atoms with E-state index in [0.29, 0.717) is 0 Å². The van der Waals surface area contributed by atoms with Crippen LogP contribution in [0, 0.1) is 0 Å². The van der Waals surface area contributed by atoms with Gasteiger partial charge >= 0.3 is 17.1 Å². The maximum Gasteiger partial charge on any atom is 3.00 e. The van der Waals surface area contributed by atoms with E-state index in [4.69, 9.17) is 0 Å². The molecule has 0 amide bonds. The monoisotopic (exact) mass is 2680 g/mol. The molecule has 0 fully saturated rings. The van der Waals surface area contributed by atoms with Gasteiger partial charge in [-0.25, -0.2) is 0 Å². The van der Waals surface area contributed by atoms with Crippen LogP contribution in [0.3, 0.4) is 0 Å². The predicted octanol–water partition coefficient (Wildman–Crippen LogP) is -225. The Morgan fingerprint density at radius 2 is 0.0263 bits per heavy atom. The van der Waals surface area contributed by atoms with Gasteiger partial charge in [-0.2, -0.15) is 0 Å². The Morgan fingerprint density at radius 3 is 0.0263 bits per heavy atom. The third-order valence-electron chi connectivity index (χ3n) is 0. The molecule has 0 saturated heterocycles. The summed E-state index contributed by atoms with van der Waals surface area (Å²) in [5.74, 6) is 0. The van der Waals surface area contributed by atoms with Gasteiger partial charge in [0, 0.05) is 0 Å². The third kappa shape index (κ3) is 1760. The van der Waals surface area contributed by atoms with Crippen molar-refractivity contribution in [2.45, 2.75) is 0 Å². The minimum Gasteiger partial charge on any atom is -1.00 e. The van der Waals surface area contributed by atoms with Crippen molar-refractivity contribution in [2.24, 2.45) is 0 Å². The molecule has 76 heteroatoms. The molecule has 0 aromatic heterocycles. The molecule has 0 aliphatic carbocycles. The number of hydrogen-bond acceptors (Lipinski definition) is 0. The molecule has 0 heterocycles. The first-order chi connectivity index (χ1) is 0. The molecule has 1 radical (unpaired) electrons. The second-order valence-corrected chi connectivity index (χ2v) is 0. The first-order valence-electron chi connectivity index (χ1n) is 0. The van der Waals surface area contributed by atoms with Crippen LogP contribution in [0.1, 0.15) is 0 Å². The van der Waals surface area contributed by atoms with E-state index in [1.807, 2.05) is 0 Å². The van der Waals surface area contributed by atoms with Crippen molar-refractivity contribution in [3.05, 3.63) is 0 Å². The summed E-state index contributed by atoms with van der Waals surface area (Å²) in [6.45, 7) is 0. The van der Waals surface area contributed by atoms with Crippen LogP contribution >= 0.6 is 0 Å². The predicted molar refractivity (Wildman–Crippen MR) is 0 cm³/mol. The molecule has 0 bridgehead atoms. The summed E-state index contributed by atoms with van der Waals surface area (Å²) < 4.78 is 0. The van der Waals surface area contributed by atoms with Gasteiger partial charge in [-0.3, -0.25) is 0 Å². The Morgan fingerprint density at radius 1 is 0.0263 bits per heavy atom. The van der Waals surface area contributed by atoms with E-state index in [0.717, 1.165) is 0 Å². The summed E-state index contributed by atoms with van der Waals surface area (Å²) in [6.07, 6.45) is 0. The summed E-state index contributed by atoms with van der Waals surface area (Å²) in [5.41, 5.74) is 0. The van der Waals surface area contributed by atoms with Crippen molar-refractivity contribution in [3.8, 4) is 0 Å². The van der Waals surface area contributed by atoms with Crippen molar-refractivity contribution in [1.82, 2.24) is 0 Å². The zero-order valence-electron chi connectivity index (χ0n) is 28.7. The van der Waals surface area contributed by atoms with Crippen molar-refractivity contribution < 1.29 is 948 Å². The fraction of sp³-hybridized carbons (Fsp3) is 0. The minimum atomic E-state index is 0.